The fourth-order valence-corrected chi connectivity index (χ4v) is 2.50. The van der Waals surface area contributed by atoms with Crippen molar-refractivity contribution in [3.05, 3.63) is 36.8 Å². The monoisotopic (exact) mass is 315 g/mol. The van der Waals surface area contributed by atoms with Crippen LogP contribution in [0.4, 0.5) is 5.95 Å². The van der Waals surface area contributed by atoms with Gasteiger partial charge in [-0.05, 0) is 18.2 Å². The molecular formula is C14H13N5O2S. The average Bonchev–Trinajstić information content (AvgIpc) is 2.87. The quantitative estimate of drug-likeness (QED) is 0.791. The number of pyridine rings is 2. The maximum absolute atomic E-state index is 11.6. The van der Waals surface area contributed by atoms with Crippen LogP contribution in [0.25, 0.3) is 16.8 Å². The van der Waals surface area contributed by atoms with Crippen molar-refractivity contribution in [1.82, 2.24) is 19.6 Å². The van der Waals surface area contributed by atoms with Crippen molar-refractivity contribution < 1.29 is 9.00 Å². The minimum Gasteiger partial charge on any atom is -0.293 e. The topological polar surface area (TPSA) is 89.2 Å². The maximum Gasteiger partial charge on any atom is 0.249 e. The van der Waals surface area contributed by atoms with E-state index in [1.165, 1.54) is 6.92 Å². The second-order valence-corrected chi connectivity index (χ2v) is 6.08. The molecule has 22 heavy (non-hydrogen) atoms. The van der Waals surface area contributed by atoms with Gasteiger partial charge in [-0.25, -0.2) is 4.52 Å². The van der Waals surface area contributed by atoms with Crippen LogP contribution in [0.2, 0.25) is 0 Å². The lowest BCUT2D eigenvalue weighted by Gasteiger charge is -2.03. The molecule has 0 aromatic carbocycles. The van der Waals surface area contributed by atoms with Crippen LogP contribution in [0.3, 0.4) is 0 Å². The molecule has 3 aromatic rings. The van der Waals surface area contributed by atoms with Gasteiger partial charge in [0.2, 0.25) is 11.9 Å². The van der Waals surface area contributed by atoms with Crippen molar-refractivity contribution >= 4 is 28.3 Å². The van der Waals surface area contributed by atoms with Crippen molar-refractivity contribution in [3.8, 4) is 11.1 Å². The van der Waals surface area contributed by atoms with Gasteiger partial charge in [-0.1, -0.05) is 0 Å². The Kier molecular flexibility index (Phi) is 3.68. The van der Waals surface area contributed by atoms with Gasteiger partial charge in [-0.2, -0.15) is 4.98 Å². The number of aromatic nitrogens is 4. The standard InChI is InChI=1S/C14H13N5O2S/c1-9(20)16-14-17-13-4-3-10(8-19(13)18-14)11-5-12(22(2)21)7-15-6-11/h3-8H,1-2H3,(H,16,18,20). The van der Waals surface area contributed by atoms with Gasteiger partial charge in [0, 0.05) is 42.9 Å². The van der Waals surface area contributed by atoms with Crippen LogP contribution < -0.4 is 5.32 Å². The van der Waals surface area contributed by atoms with Crippen molar-refractivity contribution in [2.45, 2.75) is 11.8 Å². The highest BCUT2D eigenvalue weighted by Crippen LogP contribution is 2.21. The normalized spacial score (nSPS) is 12.3. The van der Waals surface area contributed by atoms with Gasteiger partial charge in [0.15, 0.2) is 5.65 Å². The molecule has 0 aliphatic carbocycles. The van der Waals surface area contributed by atoms with E-state index in [0.29, 0.717) is 10.5 Å². The van der Waals surface area contributed by atoms with E-state index in [1.54, 1.807) is 35.4 Å². The van der Waals surface area contributed by atoms with E-state index in [9.17, 15) is 9.00 Å². The number of rotatable bonds is 3. The Morgan fingerprint density at radius 2 is 2.09 bits per heavy atom. The summed E-state index contributed by atoms with van der Waals surface area (Å²) in [5.41, 5.74) is 2.33. The minimum atomic E-state index is -1.09. The van der Waals surface area contributed by atoms with Gasteiger partial charge in [0.25, 0.3) is 0 Å². The third-order valence-corrected chi connectivity index (χ3v) is 3.88. The van der Waals surface area contributed by atoms with Crippen LogP contribution in [0.1, 0.15) is 6.92 Å². The molecule has 1 unspecified atom stereocenters. The fraction of sp³-hybridized carbons (Fsp3) is 0.143. The zero-order valence-electron chi connectivity index (χ0n) is 12.0. The van der Waals surface area contributed by atoms with Crippen LogP contribution in [0.15, 0.2) is 41.7 Å². The number of nitrogens with zero attached hydrogens (tertiary/aromatic N) is 4. The molecule has 0 aliphatic heterocycles. The second kappa shape index (κ2) is 5.64. The molecule has 7 nitrogen and oxygen atoms in total. The van der Waals surface area contributed by atoms with E-state index in [1.807, 2.05) is 12.1 Å². The third-order valence-electron chi connectivity index (χ3n) is 3.00. The summed E-state index contributed by atoms with van der Waals surface area (Å²) in [6.07, 6.45) is 6.68. The third kappa shape index (κ3) is 2.86. The molecule has 1 amide bonds. The Morgan fingerprint density at radius 3 is 2.82 bits per heavy atom. The van der Waals surface area contributed by atoms with E-state index in [0.717, 1.165) is 11.1 Å². The van der Waals surface area contributed by atoms with E-state index in [4.69, 9.17) is 0 Å². The number of hydrogen-bond donors (Lipinski definition) is 1. The molecule has 112 valence electrons. The number of fused-ring (bicyclic) bond motifs is 1. The van der Waals surface area contributed by atoms with Gasteiger partial charge >= 0.3 is 0 Å². The summed E-state index contributed by atoms with van der Waals surface area (Å²) in [5.74, 6) is 0.0321. The van der Waals surface area contributed by atoms with E-state index >= 15 is 0 Å². The molecule has 0 fully saturated rings. The van der Waals surface area contributed by atoms with Crippen molar-refractivity contribution in [2.75, 3.05) is 11.6 Å². The highest BCUT2D eigenvalue weighted by atomic mass is 32.2. The zero-order chi connectivity index (χ0) is 15.7. The van der Waals surface area contributed by atoms with Crippen LogP contribution >= 0.6 is 0 Å². The predicted molar refractivity (Wildman–Crippen MR) is 82.9 cm³/mol. The molecule has 0 aliphatic rings. The molecule has 1 atom stereocenters. The first-order valence-corrected chi connectivity index (χ1v) is 8.01. The Labute approximate surface area is 128 Å². The molecule has 3 aromatic heterocycles. The summed E-state index contributed by atoms with van der Waals surface area (Å²) in [5, 5.41) is 6.73. The Morgan fingerprint density at radius 1 is 1.27 bits per heavy atom. The summed E-state index contributed by atoms with van der Waals surface area (Å²) < 4.78 is 13.1. The van der Waals surface area contributed by atoms with Crippen LogP contribution in [0.5, 0.6) is 0 Å². The first-order chi connectivity index (χ1) is 10.5. The highest BCUT2D eigenvalue weighted by Gasteiger charge is 2.08. The van der Waals surface area contributed by atoms with Gasteiger partial charge in [0.1, 0.15) is 0 Å². The van der Waals surface area contributed by atoms with Crippen LogP contribution in [-0.2, 0) is 15.6 Å². The van der Waals surface area contributed by atoms with E-state index in [2.05, 4.69) is 20.4 Å². The molecule has 3 heterocycles. The average molecular weight is 315 g/mol. The maximum atomic E-state index is 11.6. The number of nitrogens with one attached hydrogen (secondary N) is 1. The molecule has 0 bridgehead atoms. The van der Waals surface area contributed by atoms with Crippen molar-refractivity contribution in [2.24, 2.45) is 0 Å². The SMILES string of the molecule is CC(=O)Nc1nc2ccc(-c3cncc(S(C)=O)c3)cn2n1. The minimum absolute atomic E-state index is 0.224. The molecule has 8 heteroatoms. The van der Waals surface area contributed by atoms with E-state index in [-0.39, 0.29) is 11.9 Å². The molecule has 1 N–H and O–H groups in total. The Balaban J connectivity index is 2.02. The highest BCUT2D eigenvalue weighted by molar-refractivity contribution is 7.84. The van der Waals surface area contributed by atoms with Crippen molar-refractivity contribution in [1.29, 1.82) is 0 Å². The predicted octanol–water partition coefficient (Wildman–Crippen LogP) is 1.49. The summed E-state index contributed by atoms with van der Waals surface area (Å²) in [6.45, 7) is 1.40. The first kappa shape index (κ1) is 14.3. The zero-order valence-corrected chi connectivity index (χ0v) is 12.8. The lowest BCUT2D eigenvalue weighted by molar-refractivity contribution is -0.114. The largest absolute Gasteiger partial charge is 0.293 e. The van der Waals surface area contributed by atoms with E-state index < -0.39 is 10.8 Å². The van der Waals surface area contributed by atoms with Crippen molar-refractivity contribution in [3.63, 3.8) is 0 Å². The Hall–Kier alpha value is -2.61. The second-order valence-electron chi connectivity index (χ2n) is 4.70. The molecule has 0 saturated heterocycles. The lowest BCUT2D eigenvalue weighted by atomic mass is 10.1. The van der Waals surface area contributed by atoms with Crippen LogP contribution in [0, 0.1) is 0 Å². The molecule has 0 radical (unpaired) electrons. The van der Waals surface area contributed by atoms with Gasteiger partial charge in [0.05, 0.1) is 15.7 Å². The van der Waals surface area contributed by atoms with Gasteiger partial charge in [-0.15, -0.1) is 5.10 Å². The Bertz CT molecular complexity index is 890. The molecule has 0 spiro atoms. The fourth-order valence-electron chi connectivity index (χ4n) is 2.00. The molecule has 0 saturated carbocycles. The van der Waals surface area contributed by atoms with Crippen LogP contribution in [-0.4, -0.2) is 36.0 Å². The summed E-state index contributed by atoms with van der Waals surface area (Å²) in [7, 11) is -1.09. The number of amides is 1. The molecule has 3 rings (SSSR count). The number of carbonyl (C=O) groups excluding carboxylic acids is 1. The van der Waals surface area contributed by atoms with Gasteiger partial charge in [-0.3, -0.25) is 19.3 Å². The number of anilines is 1. The first-order valence-electron chi connectivity index (χ1n) is 6.46. The molecular weight excluding hydrogens is 302 g/mol. The summed E-state index contributed by atoms with van der Waals surface area (Å²) >= 11 is 0. The smallest absolute Gasteiger partial charge is 0.249 e. The summed E-state index contributed by atoms with van der Waals surface area (Å²) in [6, 6.07) is 5.50. The lowest BCUT2D eigenvalue weighted by Crippen LogP contribution is -2.07. The summed E-state index contributed by atoms with van der Waals surface area (Å²) in [4.78, 5) is 20.0. The number of carbonyl (C=O) groups is 1. The van der Waals surface area contributed by atoms with Gasteiger partial charge < -0.3 is 0 Å². The number of hydrogen-bond acceptors (Lipinski definition) is 5.